The Kier molecular flexibility index (Phi) is 9.00. The molecule has 14 rings (SSSR count). The van der Waals surface area contributed by atoms with E-state index in [4.69, 9.17) is 19.4 Å². The highest BCUT2D eigenvalue weighted by Crippen LogP contribution is 2.43. The van der Waals surface area contributed by atoms with Crippen LogP contribution in [-0.2, 0) is 0 Å². The highest BCUT2D eigenvalue weighted by Gasteiger charge is 2.20. The van der Waals surface area contributed by atoms with E-state index < -0.39 is 0 Å². The van der Waals surface area contributed by atoms with E-state index in [9.17, 15) is 0 Å². The number of thiophene rings is 1. The molecule has 4 heterocycles. The number of rotatable bonds is 7. The molecular weight excluding hydrogens is 861 g/mol. The molecule has 0 radical (unpaired) electrons. The Morgan fingerprint density at radius 1 is 0.333 bits per heavy atom. The Morgan fingerprint density at radius 3 is 1.57 bits per heavy atom. The van der Waals surface area contributed by atoms with Gasteiger partial charge in [-0.25, -0.2) is 15.0 Å². The minimum absolute atomic E-state index is 0.593. The van der Waals surface area contributed by atoms with Crippen LogP contribution >= 0.6 is 11.3 Å². The summed E-state index contributed by atoms with van der Waals surface area (Å²) in [4.78, 5) is 15.2. The molecule has 4 aromatic heterocycles. The number of furan rings is 1. The molecule has 0 saturated carbocycles. The zero-order chi connectivity index (χ0) is 45.4. The number of hydrogen-bond acceptors (Lipinski definition) is 5. The predicted octanol–water partition coefficient (Wildman–Crippen LogP) is 17.2. The Morgan fingerprint density at radius 2 is 0.855 bits per heavy atom. The van der Waals surface area contributed by atoms with Crippen LogP contribution in [0.2, 0.25) is 0 Å². The van der Waals surface area contributed by atoms with Gasteiger partial charge >= 0.3 is 0 Å². The van der Waals surface area contributed by atoms with Crippen molar-refractivity contribution in [2.75, 3.05) is 0 Å². The molecule has 0 unspecified atom stereocenters. The van der Waals surface area contributed by atoms with Crippen molar-refractivity contribution in [1.29, 1.82) is 0 Å². The molecule has 0 amide bonds. The van der Waals surface area contributed by atoms with Crippen molar-refractivity contribution in [2.45, 2.75) is 0 Å². The lowest BCUT2D eigenvalue weighted by atomic mass is 9.96. The van der Waals surface area contributed by atoms with Crippen molar-refractivity contribution < 1.29 is 4.42 Å². The number of para-hydroxylation sites is 1. The third-order valence-corrected chi connectivity index (χ3v) is 14.7. The van der Waals surface area contributed by atoms with E-state index in [1.807, 2.05) is 84.1 Å². The zero-order valence-corrected chi connectivity index (χ0v) is 37.9. The summed E-state index contributed by atoms with van der Waals surface area (Å²) in [5.74, 6) is 1.83. The molecule has 0 aliphatic rings. The van der Waals surface area contributed by atoms with Gasteiger partial charge in [0.2, 0.25) is 0 Å². The average Bonchev–Trinajstić information content (AvgIpc) is 4.10. The number of hydrogen-bond donors (Lipinski definition) is 0. The highest BCUT2D eigenvalue weighted by atomic mass is 32.1. The summed E-state index contributed by atoms with van der Waals surface area (Å²) in [6.45, 7) is 0. The van der Waals surface area contributed by atoms with Gasteiger partial charge in [0.05, 0.1) is 11.0 Å². The van der Waals surface area contributed by atoms with Gasteiger partial charge in [-0.2, -0.15) is 0 Å². The summed E-state index contributed by atoms with van der Waals surface area (Å²) in [7, 11) is 0. The summed E-state index contributed by atoms with van der Waals surface area (Å²) in [6, 6.07) is 81.8. The Balaban J connectivity index is 0.916. The lowest BCUT2D eigenvalue weighted by Crippen LogP contribution is -2.00. The molecule has 0 fully saturated rings. The topological polar surface area (TPSA) is 56.7 Å². The van der Waals surface area contributed by atoms with Crippen LogP contribution in [0.25, 0.3) is 137 Å². The van der Waals surface area contributed by atoms with Gasteiger partial charge in [0.1, 0.15) is 11.2 Å². The summed E-state index contributed by atoms with van der Waals surface area (Å²) < 4.78 is 11.6. The second-order valence-electron chi connectivity index (χ2n) is 17.5. The van der Waals surface area contributed by atoms with Gasteiger partial charge in [-0.1, -0.05) is 164 Å². The lowest BCUT2D eigenvalue weighted by Gasteiger charge is -2.10. The standard InChI is InChI=1S/C63H38N4OS/c1-4-15-39(16-5-1)61-64-62(40-17-6-2-7-18-40)66-63(65-61)50-26-14-27-57-59(50)53-38-44(31-34-56(53)68-57)43-30-33-55-52(37-43)51-36-42(29-32-54(51)67(55)46-21-8-3-9-22-46)41-19-12-20-45(35-41)47-24-13-25-49-48-23-10-11-28-58(48)69-60(47)49/h1-38H. The van der Waals surface area contributed by atoms with E-state index in [1.165, 1.54) is 53.2 Å². The van der Waals surface area contributed by atoms with Crippen LogP contribution in [0.15, 0.2) is 235 Å². The van der Waals surface area contributed by atoms with E-state index >= 15 is 0 Å². The first kappa shape index (κ1) is 39.2. The molecule has 0 N–H and O–H groups in total. The van der Waals surface area contributed by atoms with Crippen molar-refractivity contribution in [2.24, 2.45) is 0 Å². The van der Waals surface area contributed by atoms with Crippen LogP contribution in [0.4, 0.5) is 0 Å². The van der Waals surface area contributed by atoms with E-state index in [1.54, 1.807) is 0 Å². The van der Waals surface area contributed by atoms with Crippen molar-refractivity contribution in [3.8, 4) is 73.2 Å². The van der Waals surface area contributed by atoms with Gasteiger partial charge in [-0.15, -0.1) is 11.3 Å². The van der Waals surface area contributed by atoms with E-state index in [0.29, 0.717) is 17.5 Å². The van der Waals surface area contributed by atoms with Crippen LogP contribution in [-0.4, -0.2) is 19.5 Å². The van der Waals surface area contributed by atoms with Gasteiger partial charge in [0.15, 0.2) is 17.5 Å². The molecule has 0 atom stereocenters. The van der Waals surface area contributed by atoms with Gasteiger partial charge in [0.25, 0.3) is 0 Å². The smallest absolute Gasteiger partial charge is 0.164 e. The zero-order valence-electron chi connectivity index (χ0n) is 37.0. The maximum Gasteiger partial charge on any atom is 0.164 e. The maximum absolute atomic E-state index is 6.57. The summed E-state index contributed by atoms with van der Waals surface area (Å²) in [5, 5.41) is 6.97. The van der Waals surface area contributed by atoms with Gasteiger partial charge in [0, 0.05) is 64.1 Å². The third-order valence-electron chi connectivity index (χ3n) is 13.5. The first-order chi connectivity index (χ1) is 34.2. The number of fused-ring (bicyclic) bond motifs is 9. The fourth-order valence-corrected chi connectivity index (χ4v) is 11.4. The van der Waals surface area contributed by atoms with Crippen molar-refractivity contribution in [3.63, 3.8) is 0 Å². The summed E-state index contributed by atoms with van der Waals surface area (Å²) >= 11 is 1.87. The van der Waals surface area contributed by atoms with Gasteiger partial charge in [-0.3, -0.25) is 0 Å². The number of benzene rings is 10. The maximum atomic E-state index is 6.57. The molecule has 6 heteroatoms. The van der Waals surface area contributed by atoms with Crippen LogP contribution < -0.4 is 0 Å². The van der Waals surface area contributed by atoms with Crippen molar-refractivity contribution in [3.05, 3.63) is 231 Å². The summed E-state index contributed by atoms with van der Waals surface area (Å²) in [6.07, 6.45) is 0. The van der Waals surface area contributed by atoms with E-state index in [-0.39, 0.29) is 0 Å². The fraction of sp³-hybridized carbons (Fsp3) is 0. The molecule has 5 nitrogen and oxygen atoms in total. The second kappa shape index (κ2) is 15.8. The first-order valence-corrected chi connectivity index (χ1v) is 24.0. The van der Waals surface area contributed by atoms with Crippen LogP contribution in [0, 0.1) is 0 Å². The molecule has 69 heavy (non-hydrogen) atoms. The normalized spacial score (nSPS) is 11.8. The first-order valence-electron chi connectivity index (χ1n) is 23.2. The van der Waals surface area contributed by atoms with Gasteiger partial charge in [-0.05, 0) is 100 Å². The Labute approximate surface area is 400 Å². The molecule has 0 saturated heterocycles. The SMILES string of the molecule is c1ccc(-c2nc(-c3ccccc3)nc(-c3cccc4oc5ccc(-c6ccc7c(c6)c6cc(-c8cccc(-c9cccc%10c9sc9ccccc9%10)c8)ccc6n7-c6ccccc6)cc5c34)n2)cc1. The molecular formula is C63H38N4OS. The van der Waals surface area contributed by atoms with E-state index in [2.05, 4.69) is 162 Å². The second-order valence-corrected chi connectivity index (χ2v) is 18.6. The predicted molar refractivity (Wildman–Crippen MR) is 287 cm³/mol. The number of nitrogens with zero attached hydrogens (tertiary/aromatic N) is 4. The highest BCUT2D eigenvalue weighted by molar-refractivity contribution is 7.26. The Hall–Kier alpha value is -8.97. The lowest BCUT2D eigenvalue weighted by molar-refractivity contribution is 0.669. The fourth-order valence-electron chi connectivity index (χ4n) is 10.2. The van der Waals surface area contributed by atoms with E-state index in [0.717, 1.165) is 66.5 Å². The molecule has 0 aliphatic heterocycles. The minimum atomic E-state index is 0.593. The molecule has 10 aromatic carbocycles. The monoisotopic (exact) mass is 898 g/mol. The average molecular weight is 899 g/mol. The molecule has 0 aliphatic carbocycles. The molecule has 0 bridgehead atoms. The molecule has 0 spiro atoms. The quantitative estimate of drug-likeness (QED) is 0.160. The van der Waals surface area contributed by atoms with Crippen molar-refractivity contribution in [1.82, 2.24) is 19.5 Å². The molecule has 322 valence electrons. The number of aromatic nitrogens is 4. The van der Waals surface area contributed by atoms with Crippen molar-refractivity contribution >= 4 is 75.3 Å². The largest absolute Gasteiger partial charge is 0.456 e. The van der Waals surface area contributed by atoms with Crippen LogP contribution in [0.1, 0.15) is 0 Å². The molecule has 14 aromatic rings. The van der Waals surface area contributed by atoms with Gasteiger partial charge < -0.3 is 8.98 Å². The Bertz CT molecular complexity index is 4250. The summed E-state index contributed by atoms with van der Waals surface area (Å²) in [5.41, 5.74) is 14.8. The third kappa shape index (κ3) is 6.56. The van der Waals surface area contributed by atoms with Crippen LogP contribution in [0.3, 0.4) is 0 Å². The minimum Gasteiger partial charge on any atom is -0.456 e. The van der Waals surface area contributed by atoms with Crippen LogP contribution in [0.5, 0.6) is 0 Å².